The molecule has 6 nitrogen and oxygen atoms in total. The van der Waals surface area contributed by atoms with E-state index < -0.39 is 5.82 Å². The van der Waals surface area contributed by atoms with Crippen molar-refractivity contribution >= 4 is 57.5 Å². The van der Waals surface area contributed by atoms with Gasteiger partial charge in [0.15, 0.2) is 16.7 Å². The van der Waals surface area contributed by atoms with Crippen molar-refractivity contribution in [3.8, 4) is 11.6 Å². The van der Waals surface area contributed by atoms with E-state index in [9.17, 15) is 9.18 Å². The molecule has 0 saturated heterocycles. The molecule has 2 heterocycles. The van der Waals surface area contributed by atoms with E-state index in [1.165, 1.54) is 30.0 Å². The molecule has 0 fully saturated rings. The summed E-state index contributed by atoms with van der Waals surface area (Å²) in [4.78, 5) is 12.2. The van der Waals surface area contributed by atoms with Crippen LogP contribution < -0.4 is 5.32 Å². The largest absolute Gasteiger partial charge is 0.453 e. The highest BCUT2D eigenvalue weighted by atomic mass is 35.5. The first-order valence-corrected chi connectivity index (χ1v) is 10.1. The minimum Gasteiger partial charge on any atom is -0.453 e. The van der Waals surface area contributed by atoms with Gasteiger partial charge in [-0.15, -0.1) is 10.2 Å². The number of carbonyl (C=O) groups excluding carboxylic acids is 1. The van der Waals surface area contributed by atoms with Crippen LogP contribution in [0.4, 0.5) is 10.1 Å². The lowest BCUT2D eigenvalue weighted by atomic mass is 10.2. The normalized spacial score (nSPS) is 11.2. The van der Waals surface area contributed by atoms with E-state index in [0.717, 1.165) is 5.39 Å². The zero-order valence-electron chi connectivity index (χ0n) is 14.9. The van der Waals surface area contributed by atoms with E-state index in [4.69, 9.17) is 27.6 Å². The van der Waals surface area contributed by atoms with Gasteiger partial charge in [-0.25, -0.2) is 4.39 Å². The Kier molecular flexibility index (Phi) is 5.49. The van der Waals surface area contributed by atoms with E-state index in [2.05, 4.69) is 15.5 Å². The van der Waals surface area contributed by atoms with Crippen LogP contribution in [0.25, 0.3) is 22.6 Å². The summed E-state index contributed by atoms with van der Waals surface area (Å²) in [7, 11) is 1.79. The van der Waals surface area contributed by atoms with Crippen LogP contribution in [0.5, 0.6) is 0 Å². The fourth-order valence-corrected chi connectivity index (χ4v) is 3.75. The number of carbonyl (C=O) groups is 1. The van der Waals surface area contributed by atoms with Gasteiger partial charge in [0.2, 0.25) is 5.91 Å². The van der Waals surface area contributed by atoms with Crippen molar-refractivity contribution in [2.24, 2.45) is 7.05 Å². The van der Waals surface area contributed by atoms with Crippen LogP contribution in [0.15, 0.2) is 52.0 Å². The highest BCUT2D eigenvalue weighted by Gasteiger charge is 2.17. The fraction of sp³-hybridized carbons (Fsp3) is 0.105. The van der Waals surface area contributed by atoms with E-state index in [0.29, 0.717) is 33.0 Å². The van der Waals surface area contributed by atoms with Gasteiger partial charge in [-0.3, -0.25) is 4.79 Å². The van der Waals surface area contributed by atoms with Gasteiger partial charge >= 0.3 is 0 Å². The van der Waals surface area contributed by atoms with Crippen LogP contribution >= 0.6 is 35.0 Å². The third kappa shape index (κ3) is 4.24. The molecule has 4 rings (SSSR count). The molecule has 29 heavy (non-hydrogen) atoms. The minimum atomic E-state index is -0.543. The number of fused-ring (bicyclic) bond motifs is 1. The summed E-state index contributed by atoms with van der Waals surface area (Å²) in [5.41, 5.74) is 1.11. The Morgan fingerprint density at radius 2 is 2.03 bits per heavy atom. The van der Waals surface area contributed by atoms with Gasteiger partial charge in [0.25, 0.3) is 0 Å². The van der Waals surface area contributed by atoms with E-state index in [1.807, 2.05) is 12.1 Å². The molecule has 0 aliphatic carbocycles. The third-order valence-electron chi connectivity index (χ3n) is 4.07. The molecule has 0 bridgehead atoms. The lowest BCUT2D eigenvalue weighted by Crippen LogP contribution is -2.14. The van der Waals surface area contributed by atoms with E-state index >= 15 is 0 Å². The molecule has 1 amide bonds. The molecule has 0 saturated carbocycles. The number of aromatic nitrogens is 3. The van der Waals surface area contributed by atoms with Crippen molar-refractivity contribution in [2.75, 3.05) is 11.1 Å². The Balaban J connectivity index is 1.45. The second kappa shape index (κ2) is 8.06. The number of nitrogens with zero attached hydrogens (tertiary/aromatic N) is 3. The van der Waals surface area contributed by atoms with Gasteiger partial charge in [-0.1, -0.05) is 35.0 Å². The predicted molar refractivity (Wildman–Crippen MR) is 112 cm³/mol. The van der Waals surface area contributed by atoms with Crippen molar-refractivity contribution in [3.63, 3.8) is 0 Å². The van der Waals surface area contributed by atoms with Gasteiger partial charge in [0.1, 0.15) is 11.4 Å². The molecule has 1 N–H and O–H groups in total. The van der Waals surface area contributed by atoms with E-state index in [-0.39, 0.29) is 16.7 Å². The Bertz CT molecular complexity index is 1220. The molecular formula is C19H13Cl2FN4O2S. The van der Waals surface area contributed by atoms with Gasteiger partial charge in [-0.2, -0.15) is 0 Å². The number of amides is 1. The summed E-state index contributed by atoms with van der Waals surface area (Å²) >= 11 is 12.9. The van der Waals surface area contributed by atoms with Crippen LogP contribution in [0.2, 0.25) is 10.0 Å². The van der Waals surface area contributed by atoms with Crippen molar-refractivity contribution in [3.05, 3.63) is 58.3 Å². The van der Waals surface area contributed by atoms with Gasteiger partial charge < -0.3 is 14.3 Å². The summed E-state index contributed by atoms with van der Waals surface area (Å²) < 4.78 is 20.8. The van der Waals surface area contributed by atoms with Crippen LogP contribution in [0.1, 0.15) is 0 Å². The zero-order valence-corrected chi connectivity index (χ0v) is 17.3. The summed E-state index contributed by atoms with van der Waals surface area (Å²) in [5, 5.41) is 12.9. The van der Waals surface area contributed by atoms with Crippen molar-refractivity contribution < 1.29 is 13.6 Å². The Morgan fingerprint density at radius 3 is 2.83 bits per heavy atom. The summed E-state index contributed by atoms with van der Waals surface area (Å²) in [5.74, 6) is 0.357. The number of benzene rings is 2. The average Bonchev–Trinajstić information content (AvgIpc) is 3.25. The SMILES string of the molecule is Cn1c(SCC(=O)Nc2ccc(F)c(Cl)c2)nnc1-c1cc2cc(Cl)ccc2o1. The maximum atomic E-state index is 13.2. The van der Waals surface area contributed by atoms with Crippen LogP contribution in [0, 0.1) is 5.82 Å². The molecule has 10 heteroatoms. The molecule has 0 spiro atoms. The Morgan fingerprint density at radius 1 is 1.21 bits per heavy atom. The standard InChI is InChI=1S/C19H13Cl2FN4O2S/c1-26-18(16-7-10-6-11(20)2-5-15(10)28-16)24-25-19(26)29-9-17(27)23-12-3-4-14(22)13(21)8-12/h2-8H,9H2,1H3,(H,23,27). The highest BCUT2D eigenvalue weighted by molar-refractivity contribution is 7.99. The molecule has 4 aromatic rings. The maximum absolute atomic E-state index is 13.2. The van der Waals surface area contributed by atoms with Gasteiger partial charge in [0.05, 0.1) is 10.8 Å². The quantitative estimate of drug-likeness (QED) is 0.411. The number of halogens is 3. The Hall–Kier alpha value is -2.55. The number of hydrogen-bond donors (Lipinski definition) is 1. The molecule has 2 aromatic heterocycles. The lowest BCUT2D eigenvalue weighted by Gasteiger charge is -2.06. The topological polar surface area (TPSA) is 73.0 Å². The van der Waals surface area contributed by atoms with Crippen molar-refractivity contribution in [1.82, 2.24) is 14.8 Å². The summed E-state index contributed by atoms with van der Waals surface area (Å²) in [6, 6.07) is 11.2. The first-order chi connectivity index (χ1) is 13.9. The summed E-state index contributed by atoms with van der Waals surface area (Å²) in [6.07, 6.45) is 0. The second-order valence-corrected chi connectivity index (χ2v) is 7.91. The highest BCUT2D eigenvalue weighted by Crippen LogP contribution is 2.30. The number of hydrogen-bond acceptors (Lipinski definition) is 5. The molecule has 2 aromatic carbocycles. The fourth-order valence-electron chi connectivity index (χ4n) is 2.68. The van der Waals surface area contributed by atoms with Crippen LogP contribution in [-0.4, -0.2) is 26.4 Å². The minimum absolute atomic E-state index is 0.0551. The number of anilines is 1. The number of rotatable bonds is 5. The molecule has 0 aliphatic heterocycles. The van der Waals surface area contributed by atoms with Gasteiger partial charge in [0, 0.05) is 23.1 Å². The van der Waals surface area contributed by atoms with Crippen molar-refractivity contribution in [1.29, 1.82) is 0 Å². The van der Waals surface area contributed by atoms with Crippen LogP contribution in [0.3, 0.4) is 0 Å². The molecule has 0 atom stereocenters. The monoisotopic (exact) mass is 450 g/mol. The van der Waals surface area contributed by atoms with E-state index in [1.54, 1.807) is 23.7 Å². The smallest absolute Gasteiger partial charge is 0.234 e. The molecular weight excluding hydrogens is 438 g/mol. The lowest BCUT2D eigenvalue weighted by molar-refractivity contribution is -0.113. The van der Waals surface area contributed by atoms with Gasteiger partial charge in [-0.05, 0) is 42.5 Å². The second-order valence-electron chi connectivity index (χ2n) is 6.12. The average molecular weight is 451 g/mol. The zero-order chi connectivity index (χ0) is 20.5. The first-order valence-electron chi connectivity index (χ1n) is 8.37. The third-order valence-corrected chi connectivity index (χ3v) is 5.61. The van der Waals surface area contributed by atoms with Crippen LogP contribution in [-0.2, 0) is 11.8 Å². The number of furan rings is 1. The maximum Gasteiger partial charge on any atom is 0.234 e. The number of nitrogens with one attached hydrogen (secondary N) is 1. The number of thioether (sulfide) groups is 1. The molecule has 0 radical (unpaired) electrons. The Labute approximate surface area is 179 Å². The molecule has 148 valence electrons. The molecule has 0 unspecified atom stereocenters. The summed E-state index contributed by atoms with van der Waals surface area (Å²) in [6.45, 7) is 0. The first kappa shape index (κ1) is 19.8. The van der Waals surface area contributed by atoms with Crippen molar-refractivity contribution in [2.45, 2.75) is 5.16 Å². The molecule has 0 aliphatic rings. The predicted octanol–water partition coefficient (Wildman–Crippen LogP) is 5.41.